The lowest BCUT2D eigenvalue weighted by Crippen LogP contribution is -2.60. The van der Waals surface area contributed by atoms with Gasteiger partial charge in [-0.2, -0.15) is 0 Å². The minimum absolute atomic E-state index is 0.0399. The van der Waals surface area contributed by atoms with Crippen molar-refractivity contribution in [3.63, 3.8) is 0 Å². The van der Waals surface area contributed by atoms with Gasteiger partial charge in [0.2, 0.25) is 12.6 Å². The van der Waals surface area contributed by atoms with Gasteiger partial charge in [-0.05, 0) is 24.6 Å². The van der Waals surface area contributed by atoms with E-state index in [-0.39, 0.29) is 41.9 Å². The zero-order valence-electron chi connectivity index (χ0n) is 35.0. The average molecular weight is 911 g/mol. The highest BCUT2D eigenvalue weighted by molar-refractivity contribution is 5.91. The molecule has 15 atom stereocenters. The molecule has 22 nitrogen and oxygen atoms in total. The summed E-state index contributed by atoms with van der Waals surface area (Å²) in [6, 6.07) is 6.24. The lowest BCUT2D eigenvalue weighted by Gasteiger charge is -2.42. The first kappa shape index (κ1) is 50.2. The maximum atomic E-state index is 13.3. The fourth-order valence-electron chi connectivity index (χ4n) is 7.50. The Hall–Kier alpha value is -4.82. The third-order valence-electron chi connectivity index (χ3n) is 11.1. The molecular formula is C42H54O22. The predicted molar refractivity (Wildman–Crippen MR) is 210 cm³/mol. The van der Waals surface area contributed by atoms with E-state index >= 15 is 0 Å². The Morgan fingerprint density at radius 2 is 1.27 bits per heavy atom. The molecule has 4 heterocycles. The summed E-state index contributed by atoms with van der Waals surface area (Å²) in [5.41, 5.74) is 0.830. The number of aliphatic hydroxyl groups excluding tert-OH is 8. The molecule has 0 amide bonds. The monoisotopic (exact) mass is 910 g/mol. The van der Waals surface area contributed by atoms with E-state index in [1.165, 1.54) is 24.3 Å². The van der Waals surface area contributed by atoms with Crippen molar-refractivity contribution >= 4 is 23.9 Å². The van der Waals surface area contributed by atoms with Crippen LogP contribution in [0.3, 0.4) is 0 Å². The Morgan fingerprint density at radius 3 is 1.81 bits per heavy atom. The van der Waals surface area contributed by atoms with E-state index in [2.05, 4.69) is 6.58 Å². The van der Waals surface area contributed by atoms with Crippen LogP contribution in [0.5, 0.6) is 5.75 Å². The maximum absolute atomic E-state index is 13.3. The van der Waals surface area contributed by atoms with Crippen molar-refractivity contribution in [1.29, 1.82) is 0 Å². The Kier molecular flexibility index (Phi) is 17.9. The molecule has 0 spiro atoms. The SMILES string of the molecule is C=CC1C(OC2OC(CO)C(O)C(O)C2O)OC=C(C(=O)OC)C1CC(=O)Oc1ccc(CCOC(=O)CC2C(C(=O)OC)=COC(OC3OC(CO)C(O)C(O)C3O)C2=CC)cc1. The minimum atomic E-state index is -1.76. The number of hydrogen-bond donors (Lipinski definition) is 8. The van der Waals surface area contributed by atoms with Gasteiger partial charge < -0.3 is 88.2 Å². The quantitative estimate of drug-likeness (QED) is 0.0359. The van der Waals surface area contributed by atoms with Crippen LogP contribution in [-0.2, 0) is 68.2 Å². The largest absolute Gasteiger partial charge is 0.471 e. The molecule has 64 heavy (non-hydrogen) atoms. The summed E-state index contributed by atoms with van der Waals surface area (Å²) >= 11 is 0. The number of benzene rings is 1. The van der Waals surface area contributed by atoms with Crippen LogP contribution in [0.2, 0.25) is 0 Å². The number of carbonyl (C=O) groups excluding carboxylic acids is 4. The molecule has 0 aromatic heterocycles. The number of methoxy groups -OCH3 is 2. The van der Waals surface area contributed by atoms with Gasteiger partial charge in [0.15, 0.2) is 12.6 Å². The van der Waals surface area contributed by atoms with Gasteiger partial charge in [0.1, 0.15) is 54.6 Å². The van der Waals surface area contributed by atoms with Crippen molar-refractivity contribution in [1.82, 2.24) is 0 Å². The maximum Gasteiger partial charge on any atom is 0.337 e. The molecule has 354 valence electrons. The Labute approximate surface area is 366 Å². The van der Waals surface area contributed by atoms with Gasteiger partial charge in [0.25, 0.3) is 0 Å². The third kappa shape index (κ3) is 11.5. The smallest absolute Gasteiger partial charge is 0.337 e. The number of esters is 4. The van der Waals surface area contributed by atoms with Crippen LogP contribution >= 0.6 is 0 Å². The molecule has 0 saturated carbocycles. The standard InChI is InChI=1S/C42H54O22/c1-5-21-23(25(37(53)55-3)17-58-39(21)63-41-35(51)33(49)31(47)27(15-43)61-41)13-29(45)57-12-11-19-7-9-20(10-8-19)60-30(46)14-24-22(6-2)40(59-18-26(24)38(54)56-4)64-42-36(52)34(50)32(48)28(16-44)62-42/h5-10,17-18,22-24,27-28,31-36,39-44,47-52H,2,11-16H2,1,3-4H3. The van der Waals surface area contributed by atoms with Crippen LogP contribution in [0.4, 0.5) is 0 Å². The molecule has 2 saturated heterocycles. The molecule has 4 aliphatic rings. The van der Waals surface area contributed by atoms with Crippen LogP contribution in [0.25, 0.3) is 0 Å². The second-order valence-electron chi connectivity index (χ2n) is 15.0. The van der Waals surface area contributed by atoms with Gasteiger partial charge in [-0.15, -0.1) is 6.58 Å². The molecule has 1 aromatic carbocycles. The number of rotatable bonds is 17. The lowest BCUT2D eigenvalue weighted by atomic mass is 9.81. The number of hydrogen-bond acceptors (Lipinski definition) is 22. The van der Waals surface area contributed by atoms with Gasteiger partial charge in [-0.3, -0.25) is 9.59 Å². The molecule has 0 radical (unpaired) electrons. The molecule has 0 bridgehead atoms. The topological polar surface area (TPSA) is 322 Å². The Balaban J connectivity index is 1.16. The van der Waals surface area contributed by atoms with Crippen molar-refractivity contribution in [3.8, 4) is 5.75 Å². The number of aliphatic hydroxyl groups is 8. The second kappa shape index (κ2) is 22.9. The van der Waals surface area contributed by atoms with Gasteiger partial charge in [0, 0.05) is 29.7 Å². The summed E-state index contributed by atoms with van der Waals surface area (Å²) in [6.07, 6.45) is -14.3. The van der Waals surface area contributed by atoms with Gasteiger partial charge in [0.05, 0.1) is 70.6 Å². The summed E-state index contributed by atoms with van der Waals surface area (Å²) in [5, 5.41) is 80.7. The molecule has 15 unspecified atom stereocenters. The average Bonchev–Trinajstić information content (AvgIpc) is 3.29. The summed E-state index contributed by atoms with van der Waals surface area (Å²) in [6.45, 7) is 3.86. The Bertz CT molecular complexity index is 1880. The van der Waals surface area contributed by atoms with E-state index in [1.54, 1.807) is 19.1 Å². The summed E-state index contributed by atoms with van der Waals surface area (Å²) in [5.74, 6) is -5.90. The van der Waals surface area contributed by atoms with Crippen molar-refractivity contribution < 1.29 is 107 Å². The van der Waals surface area contributed by atoms with E-state index < -0.39 is 135 Å². The highest BCUT2D eigenvalue weighted by Crippen LogP contribution is 2.39. The summed E-state index contributed by atoms with van der Waals surface area (Å²) in [4.78, 5) is 51.9. The molecule has 4 aliphatic heterocycles. The van der Waals surface area contributed by atoms with Crippen molar-refractivity contribution in [2.75, 3.05) is 34.0 Å². The zero-order chi connectivity index (χ0) is 46.8. The van der Waals surface area contributed by atoms with E-state index in [0.29, 0.717) is 5.56 Å². The highest BCUT2D eigenvalue weighted by atomic mass is 16.8. The fraction of sp³-hybridized carbons (Fsp3) is 0.571. The van der Waals surface area contributed by atoms with Crippen LogP contribution in [0.15, 0.2) is 72.2 Å². The predicted octanol–water partition coefficient (Wildman–Crippen LogP) is -2.10. The minimum Gasteiger partial charge on any atom is -0.471 e. The molecule has 2 fully saturated rings. The molecule has 22 heteroatoms. The third-order valence-corrected chi connectivity index (χ3v) is 11.1. The highest BCUT2D eigenvalue weighted by Gasteiger charge is 2.49. The first-order chi connectivity index (χ1) is 30.6. The van der Waals surface area contributed by atoms with E-state index in [0.717, 1.165) is 26.7 Å². The molecule has 1 aromatic rings. The number of allylic oxidation sites excluding steroid dienone is 1. The fourth-order valence-corrected chi connectivity index (χ4v) is 7.50. The van der Waals surface area contributed by atoms with Crippen molar-refractivity contribution in [2.45, 2.75) is 100 Å². The van der Waals surface area contributed by atoms with Crippen LogP contribution in [0, 0.1) is 17.8 Å². The van der Waals surface area contributed by atoms with Crippen molar-refractivity contribution in [2.24, 2.45) is 17.8 Å². The molecule has 0 aliphatic carbocycles. The number of ether oxygens (including phenoxy) is 10. The van der Waals surface area contributed by atoms with Gasteiger partial charge >= 0.3 is 23.9 Å². The van der Waals surface area contributed by atoms with Crippen molar-refractivity contribution in [3.05, 3.63) is 77.8 Å². The molecule has 8 N–H and O–H groups in total. The second-order valence-corrected chi connectivity index (χ2v) is 15.0. The number of carbonyl (C=O) groups is 4. The molecular weight excluding hydrogens is 856 g/mol. The molecule has 5 rings (SSSR count). The van der Waals surface area contributed by atoms with Crippen LogP contribution in [0.1, 0.15) is 25.3 Å². The van der Waals surface area contributed by atoms with Crippen LogP contribution < -0.4 is 4.74 Å². The summed E-state index contributed by atoms with van der Waals surface area (Å²) < 4.78 is 54.4. The van der Waals surface area contributed by atoms with Gasteiger partial charge in [-0.1, -0.05) is 24.3 Å². The first-order valence-corrected chi connectivity index (χ1v) is 20.1. The Morgan fingerprint density at radius 1 is 0.703 bits per heavy atom. The zero-order valence-corrected chi connectivity index (χ0v) is 35.0. The van der Waals surface area contributed by atoms with Crippen LogP contribution in [-0.4, -0.2) is 173 Å². The van der Waals surface area contributed by atoms with E-state index in [4.69, 9.17) is 47.4 Å². The first-order valence-electron chi connectivity index (χ1n) is 20.1. The van der Waals surface area contributed by atoms with E-state index in [1.807, 2.05) is 0 Å². The lowest BCUT2D eigenvalue weighted by molar-refractivity contribution is -0.339. The normalized spacial score (nSPS) is 34.5. The van der Waals surface area contributed by atoms with Gasteiger partial charge in [-0.25, -0.2) is 9.59 Å². The van der Waals surface area contributed by atoms with E-state index in [9.17, 15) is 60.0 Å². The summed E-state index contributed by atoms with van der Waals surface area (Å²) in [7, 11) is 2.27.